The number of hydrogen-bond acceptors (Lipinski definition) is 0. The maximum Gasteiger partial charge on any atom is 0.140 e. The smallest absolute Gasteiger partial charge is 0.140 e. The molecule has 0 amide bonds. The van der Waals surface area contributed by atoms with E-state index in [1.54, 1.807) is 22.6 Å². The van der Waals surface area contributed by atoms with Crippen molar-refractivity contribution in [1.29, 1.82) is 0 Å². The molecule has 82 valence electrons. The van der Waals surface area contributed by atoms with Gasteiger partial charge in [-0.2, -0.15) is 0 Å². The summed E-state index contributed by atoms with van der Waals surface area (Å²) in [6.07, 6.45) is 0. The van der Waals surface area contributed by atoms with Crippen LogP contribution in [0.25, 0.3) is 11.1 Å². The van der Waals surface area contributed by atoms with Crippen molar-refractivity contribution in [3.63, 3.8) is 0 Å². The molecule has 0 aromatic heterocycles. The minimum atomic E-state index is -0.517. The van der Waals surface area contributed by atoms with Gasteiger partial charge in [0.1, 0.15) is 11.6 Å². The Morgan fingerprint density at radius 2 is 1.38 bits per heavy atom. The van der Waals surface area contributed by atoms with Crippen molar-refractivity contribution >= 4 is 22.6 Å². The van der Waals surface area contributed by atoms with E-state index >= 15 is 0 Å². The normalized spacial score (nSPS) is 10.5. The van der Waals surface area contributed by atoms with E-state index in [1.807, 2.05) is 31.2 Å². The van der Waals surface area contributed by atoms with Crippen LogP contribution >= 0.6 is 22.6 Å². The summed E-state index contributed by atoms with van der Waals surface area (Å²) < 4.78 is 26.8. The standard InChI is InChI=1S/C13H9F2I/c1-8-2-4-9(5-3-8)10-6-11(14)13(16)12(15)7-10/h2-7H,1H3. The van der Waals surface area contributed by atoms with E-state index in [4.69, 9.17) is 0 Å². The van der Waals surface area contributed by atoms with Gasteiger partial charge in [0, 0.05) is 0 Å². The van der Waals surface area contributed by atoms with E-state index in [0.29, 0.717) is 5.56 Å². The Morgan fingerprint density at radius 3 is 1.88 bits per heavy atom. The Labute approximate surface area is 106 Å². The molecule has 0 nitrogen and oxygen atoms in total. The van der Waals surface area contributed by atoms with E-state index in [2.05, 4.69) is 0 Å². The highest BCUT2D eigenvalue weighted by atomic mass is 127. The van der Waals surface area contributed by atoms with Gasteiger partial charge in [-0.3, -0.25) is 0 Å². The Hall–Kier alpha value is -0.970. The maximum absolute atomic E-state index is 13.4. The van der Waals surface area contributed by atoms with E-state index in [1.165, 1.54) is 12.1 Å². The number of rotatable bonds is 1. The molecular formula is C13H9F2I. The van der Waals surface area contributed by atoms with Crippen LogP contribution in [-0.2, 0) is 0 Å². The van der Waals surface area contributed by atoms with Gasteiger partial charge in [0.2, 0.25) is 0 Å². The Bertz CT molecular complexity index is 495. The van der Waals surface area contributed by atoms with Crippen molar-refractivity contribution in [1.82, 2.24) is 0 Å². The van der Waals surface area contributed by atoms with Gasteiger partial charge in [-0.25, -0.2) is 8.78 Å². The summed E-state index contributed by atoms with van der Waals surface area (Å²) in [7, 11) is 0. The zero-order valence-corrected chi connectivity index (χ0v) is 10.8. The quantitative estimate of drug-likeness (QED) is 0.532. The van der Waals surface area contributed by atoms with Crippen molar-refractivity contribution in [2.75, 3.05) is 0 Å². The van der Waals surface area contributed by atoms with Crippen LogP contribution in [0.1, 0.15) is 5.56 Å². The molecule has 0 aliphatic carbocycles. The van der Waals surface area contributed by atoms with Gasteiger partial charge in [-0.05, 0) is 52.8 Å². The first kappa shape index (κ1) is 11.5. The molecule has 0 radical (unpaired) electrons. The van der Waals surface area contributed by atoms with Gasteiger partial charge < -0.3 is 0 Å². The number of hydrogen-bond donors (Lipinski definition) is 0. The second kappa shape index (κ2) is 4.49. The summed E-state index contributed by atoms with van der Waals surface area (Å²) in [5.41, 5.74) is 2.51. The van der Waals surface area contributed by atoms with Crippen LogP contribution in [0.5, 0.6) is 0 Å². The molecule has 0 spiro atoms. The van der Waals surface area contributed by atoms with Crippen molar-refractivity contribution in [3.8, 4) is 11.1 Å². The van der Waals surface area contributed by atoms with Crippen LogP contribution in [0.4, 0.5) is 8.78 Å². The van der Waals surface area contributed by atoms with E-state index in [-0.39, 0.29) is 3.57 Å². The molecule has 2 aromatic carbocycles. The van der Waals surface area contributed by atoms with Gasteiger partial charge in [0.25, 0.3) is 0 Å². The van der Waals surface area contributed by atoms with Gasteiger partial charge >= 0.3 is 0 Å². The lowest BCUT2D eigenvalue weighted by molar-refractivity contribution is 0.571. The maximum atomic E-state index is 13.4. The zero-order valence-electron chi connectivity index (χ0n) is 8.60. The Balaban J connectivity index is 2.52. The van der Waals surface area contributed by atoms with Gasteiger partial charge in [0.15, 0.2) is 0 Å². The molecule has 0 saturated carbocycles. The molecule has 0 aliphatic heterocycles. The minimum absolute atomic E-state index is 0.0356. The number of benzene rings is 2. The lowest BCUT2D eigenvalue weighted by Gasteiger charge is -2.04. The van der Waals surface area contributed by atoms with E-state index in [0.717, 1.165) is 11.1 Å². The topological polar surface area (TPSA) is 0 Å². The third kappa shape index (κ3) is 2.24. The monoisotopic (exact) mass is 330 g/mol. The fourth-order valence-corrected chi connectivity index (χ4v) is 1.78. The lowest BCUT2D eigenvalue weighted by atomic mass is 10.0. The Kier molecular flexibility index (Phi) is 3.23. The van der Waals surface area contributed by atoms with Crippen LogP contribution in [0, 0.1) is 22.1 Å². The first-order valence-corrected chi connectivity index (χ1v) is 5.87. The van der Waals surface area contributed by atoms with Crippen LogP contribution in [0.3, 0.4) is 0 Å². The summed E-state index contributed by atoms with van der Waals surface area (Å²) in [5, 5.41) is 0. The van der Waals surface area contributed by atoms with Crippen LogP contribution in [0.2, 0.25) is 0 Å². The SMILES string of the molecule is Cc1ccc(-c2cc(F)c(I)c(F)c2)cc1. The van der Waals surface area contributed by atoms with E-state index < -0.39 is 11.6 Å². The third-order valence-electron chi connectivity index (χ3n) is 2.37. The van der Waals surface area contributed by atoms with E-state index in [9.17, 15) is 8.78 Å². The minimum Gasteiger partial charge on any atom is -0.206 e. The van der Waals surface area contributed by atoms with Crippen molar-refractivity contribution in [2.45, 2.75) is 6.92 Å². The molecule has 16 heavy (non-hydrogen) atoms. The second-order valence-electron chi connectivity index (χ2n) is 3.62. The summed E-state index contributed by atoms with van der Waals surface area (Å²) in [4.78, 5) is 0. The van der Waals surface area contributed by atoms with Crippen LogP contribution in [-0.4, -0.2) is 0 Å². The first-order chi connectivity index (χ1) is 7.58. The highest BCUT2D eigenvalue weighted by Gasteiger charge is 2.09. The summed E-state index contributed by atoms with van der Waals surface area (Å²) >= 11 is 1.66. The zero-order chi connectivity index (χ0) is 11.7. The predicted molar refractivity (Wildman–Crippen MR) is 69.2 cm³/mol. The van der Waals surface area contributed by atoms with Crippen molar-refractivity contribution < 1.29 is 8.78 Å². The van der Waals surface area contributed by atoms with Gasteiger partial charge in [-0.15, -0.1) is 0 Å². The van der Waals surface area contributed by atoms with Crippen molar-refractivity contribution in [2.24, 2.45) is 0 Å². The lowest BCUT2D eigenvalue weighted by Crippen LogP contribution is -1.90. The summed E-state index contributed by atoms with van der Waals surface area (Å²) in [5.74, 6) is -1.03. The molecule has 0 bridgehead atoms. The first-order valence-electron chi connectivity index (χ1n) is 4.79. The molecule has 0 saturated heterocycles. The highest BCUT2D eigenvalue weighted by Crippen LogP contribution is 2.25. The fourth-order valence-electron chi connectivity index (χ4n) is 1.47. The molecule has 0 atom stereocenters. The van der Waals surface area contributed by atoms with Gasteiger partial charge in [0.05, 0.1) is 3.57 Å². The van der Waals surface area contributed by atoms with Crippen LogP contribution < -0.4 is 0 Å². The highest BCUT2D eigenvalue weighted by molar-refractivity contribution is 14.1. The second-order valence-corrected chi connectivity index (χ2v) is 4.70. The van der Waals surface area contributed by atoms with Crippen LogP contribution in [0.15, 0.2) is 36.4 Å². The van der Waals surface area contributed by atoms with Gasteiger partial charge in [-0.1, -0.05) is 29.8 Å². The molecule has 3 heteroatoms. The Morgan fingerprint density at radius 1 is 0.875 bits per heavy atom. The average Bonchev–Trinajstić information content (AvgIpc) is 2.26. The number of aryl methyl sites for hydroxylation is 1. The molecule has 0 unspecified atom stereocenters. The largest absolute Gasteiger partial charge is 0.206 e. The third-order valence-corrected chi connectivity index (χ3v) is 3.40. The molecular weight excluding hydrogens is 321 g/mol. The molecule has 0 N–H and O–H groups in total. The summed E-state index contributed by atoms with van der Waals surface area (Å²) in [6, 6.07) is 10.3. The predicted octanol–water partition coefficient (Wildman–Crippen LogP) is 4.54. The summed E-state index contributed by atoms with van der Waals surface area (Å²) in [6.45, 7) is 1.97. The molecule has 2 aromatic rings. The fraction of sp³-hybridized carbons (Fsp3) is 0.0769. The molecule has 0 aliphatic rings. The molecule has 2 rings (SSSR count). The average molecular weight is 330 g/mol. The molecule has 0 fully saturated rings. The number of halogens is 3. The molecule has 0 heterocycles. The van der Waals surface area contributed by atoms with Crippen molar-refractivity contribution in [3.05, 3.63) is 57.2 Å².